The van der Waals surface area contributed by atoms with Crippen molar-refractivity contribution in [1.29, 1.82) is 0 Å². The van der Waals surface area contributed by atoms with Crippen LogP contribution in [0.4, 0.5) is 0 Å². The van der Waals surface area contributed by atoms with E-state index in [1.165, 1.54) is 35.0 Å². The Kier molecular flexibility index (Phi) is 7.91. The second kappa shape index (κ2) is 10.6. The molecule has 0 radical (unpaired) electrons. The second-order valence-electron chi connectivity index (χ2n) is 12.0. The number of aromatic nitrogens is 1. The Hall–Kier alpha value is -1.92. The summed E-state index contributed by atoms with van der Waals surface area (Å²) in [6.45, 7) is 14.7. The SMILES string of the molecule is C[C@@H]1CCC[C@H](N[C@@H](CO[Si](C)(C)C(C)(C)C)c2ccccc2)[C@@H](c2cc3ccccc3n2C)N1. The first kappa shape index (κ1) is 26.1. The largest absolute Gasteiger partial charge is 0.415 e. The molecule has 0 aliphatic carbocycles. The van der Waals surface area contributed by atoms with Gasteiger partial charge in [-0.1, -0.05) is 75.7 Å². The maximum Gasteiger partial charge on any atom is 0.192 e. The van der Waals surface area contributed by atoms with Crippen molar-refractivity contribution < 1.29 is 4.43 Å². The number of nitrogens with one attached hydrogen (secondary N) is 2. The molecule has 4 rings (SSSR count). The summed E-state index contributed by atoms with van der Waals surface area (Å²) in [6, 6.07) is 23.2. The molecule has 1 fully saturated rings. The fourth-order valence-electron chi connectivity index (χ4n) is 5.09. The van der Waals surface area contributed by atoms with Crippen LogP contribution in [0.2, 0.25) is 18.1 Å². The Morgan fingerprint density at radius 1 is 1.06 bits per heavy atom. The molecule has 0 unspecified atom stereocenters. The molecule has 2 aromatic carbocycles. The maximum atomic E-state index is 6.77. The normalized spacial score (nSPS) is 22.8. The monoisotopic (exact) mass is 491 g/mol. The van der Waals surface area contributed by atoms with E-state index in [2.05, 4.69) is 124 Å². The van der Waals surface area contributed by atoms with Crippen LogP contribution in [-0.4, -0.2) is 31.6 Å². The van der Waals surface area contributed by atoms with Crippen molar-refractivity contribution in [3.8, 4) is 0 Å². The molecule has 4 atom stereocenters. The van der Waals surface area contributed by atoms with Crippen molar-refractivity contribution in [1.82, 2.24) is 15.2 Å². The van der Waals surface area contributed by atoms with Crippen molar-refractivity contribution >= 4 is 19.2 Å². The highest BCUT2D eigenvalue weighted by molar-refractivity contribution is 6.74. The van der Waals surface area contributed by atoms with Crippen LogP contribution in [0.15, 0.2) is 60.7 Å². The number of nitrogens with zero attached hydrogens (tertiary/aromatic N) is 1. The van der Waals surface area contributed by atoms with Crippen LogP contribution < -0.4 is 10.6 Å². The molecule has 35 heavy (non-hydrogen) atoms. The zero-order valence-electron chi connectivity index (χ0n) is 22.8. The summed E-state index contributed by atoms with van der Waals surface area (Å²) in [5.41, 5.74) is 3.95. The molecule has 5 heteroatoms. The Bertz CT molecular complexity index is 1100. The number of benzene rings is 2. The lowest BCUT2D eigenvalue weighted by molar-refractivity contribution is 0.219. The van der Waals surface area contributed by atoms with Crippen LogP contribution in [0.1, 0.15) is 70.3 Å². The van der Waals surface area contributed by atoms with E-state index in [0.29, 0.717) is 18.7 Å². The van der Waals surface area contributed by atoms with Crippen molar-refractivity contribution in [3.05, 3.63) is 71.9 Å². The predicted octanol–water partition coefficient (Wildman–Crippen LogP) is 7.10. The average molecular weight is 492 g/mol. The lowest BCUT2D eigenvalue weighted by Crippen LogP contribution is -2.47. The molecule has 0 bridgehead atoms. The molecule has 1 aliphatic heterocycles. The molecule has 0 amide bonds. The lowest BCUT2D eigenvalue weighted by Gasteiger charge is -2.38. The van der Waals surface area contributed by atoms with Crippen LogP contribution in [0.3, 0.4) is 0 Å². The number of hydrogen-bond donors (Lipinski definition) is 2. The van der Waals surface area contributed by atoms with Gasteiger partial charge in [-0.2, -0.15) is 0 Å². The van der Waals surface area contributed by atoms with Gasteiger partial charge in [0.25, 0.3) is 0 Å². The third-order valence-corrected chi connectivity index (χ3v) is 12.9. The molecule has 1 aliphatic rings. The molecular weight excluding hydrogens is 446 g/mol. The summed E-state index contributed by atoms with van der Waals surface area (Å²) < 4.78 is 9.15. The summed E-state index contributed by atoms with van der Waals surface area (Å²) in [7, 11) is 0.350. The first-order valence-electron chi connectivity index (χ1n) is 13.3. The van der Waals surface area contributed by atoms with Crippen LogP contribution in [-0.2, 0) is 11.5 Å². The van der Waals surface area contributed by atoms with E-state index in [-0.39, 0.29) is 17.1 Å². The minimum absolute atomic E-state index is 0.155. The minimum atomic E-state index is -1.86. The Morgan fingerprint density at radius 3 is 2.43 bits per heavy atom. The van der Waals surface area contributed by atoms with E-state index in [1.54, 1.807) is 0 Å². The first-order valence-corrected chi connectivity index (χ1v) is 16.2. The Balaban J connectivity index is 1.65. The van der Waals surface area contributed by atoms with Gasteiger partial charge in [0, 0.05) is 30.3 Å². The first-order chi connectivity index (χ1) is 16.6. The quantitative estimate of drug-likeness (QED) is 0.346. The molecule has 2 N–H and O–H groups in total. The zero-order valence-corrected chi connectivity index (χ0v) is 23.8. The summed E-state index contributed by atoms with van der Waals surface area (Å²) in [4.78, 5) is 0. The standard InChI is InChI=1S/C30H45N3OSi/c1-22-14-13-18-25(29(31-22)28-20-24-17-11-12-19-27(24)33(28)5)32-26(23-15-9-8-10-16-23)21-34-35(6,7)30(2,3)4/h8-12,15-17,19-20,22,25-26,29,31-32H,13-14,18,21H2,1-7H3/t22-,25+,26+,29+/m1/s1. The molecule has 4 nitrogen and oxygen atoms in total. The van der Waals surface area contributed by atoms with Gasteiger partial charge in [-0.25, -0.2) is 0 Å². The summed E-state index contributed by atoms with van der Waals surface area (Å²) in [5, 5.41) is 9.59. The molecule has 2 heterocycles. The number of para-hydroxylation sites is 1. The third kappa shape index (κ3) is 5.91. The molecular formula is C30H45N3OSi. The fourth-order valence-corrected chi connectivity index (χ4v) is 6.11. The zero-order chi connectivity index (χ0) is 25.2. The highest BCUT2D eigenvalue weighted by Crippen LogP contribution is 2.37. The van der Waals surface area contributed by atoms with Crippen LogP contribution in [0, 0.1) is 0 Å². The number of hydrogen-bond acceptors (Lipinski definition) is 3. The number of fused-ring (bicyclic) bond motifs is 1. The molecule has 1 aromatic heterocycles. The lowest BCUT2D eigenvalue weighted by atomic mass is 9.98. The maximum absolute atomic E-state index is 6.77. The summed E-state index contributed by atoms with van der Waals surface area (Å²) >= 11 is 0. The van der Waals surface area contributed by atoms with E-state index in [9.17, 15) is 0 Å². The van der Waals surface area contributed by atoms with Crippen molar-refractivity contribution in [3.63, 3.8) is 0 Å². The highest BCUT2D eigenvalue weighted by atomic mass is 28.4. The van der Waals surface area contributed by atoms with Gasteiger partial charge in [-0.3, -0.25) is 0 Å². The Labute approximate surface area is 213 Å². The van der Waals surface area contributed by atoms with Crippen LogP contribution >= 0.6 is 0 Å². The van der Waals surface area contributed by atoms with E-state index in [4.69, 9.17) is 4.43 Å². The average Bonchev–Trinajstić information content (AvgIpc) is 3.03. The molecule has 3 aromatic rings. The molecule has 1 saturated heterocycles. The smallest absolute Gasteiger partial charge is 0.192 e. The van der Waals surface area contributed by atoms with Gasteiger partial charge in [-0.15, -0.1) is 0 Å². The van der Waals surface area contributed by atoms with E-state index < -0.39 is 8.32 Å². The fraction of sp³-hybridized carbons (Fsp3) is 0.533. The van der Waals surface area contributed by atoms with Crippen molar-refractivity contribution in [2.75, 3.05) is 6.61 Å². The second-order valence-corrected chi connectivity index (χ2v) is 16.8. The van der Waals surface area contributed by atoms with E-state index in [1.807, 2.05) is 0 Å². The van der Waals surface area contributed by atoms with E-state index >= 15 is 0 Å². The highest BCUT2D eigenvalue weighted by Gasteiger charge is 2.38. The van der Waals surface area contributed by atoms with Crippen molar-refractivity contribution in [2.24, 2.45) is 7.05 Å². The minimum Gasteiger partial charge on any atom is -0.415 e. The topological polar surface area (TPSA) is 38.2 Å². The van der Waals surface area contributed by atoms with Gasteiger partial charge in [0.1, 0.15) is 0 Å². The van der Waals surface area contributed by atoms with Gasteiger partial charge in [-0.05, 0) is 61.0 Å². The van der Waals surface area contributed by atoms with Gasteiger partial charge in [0.15, 0.2) is 8.32 Å². The number of aryl methyl sites for hydroxylation is 1. The van der Waals surface area contributed by atoms with Crippen LogP contribution in [0.5, 0.6) is 0 Å². The molecule has 0 saturated carbocycles. The van der Waals surface area contributed by atoms with Gasteiger partial charge in [0.2, 0.25) is 0 Å². The van der Waals surface area contributed by atoms with Gasteiger partial charge < -0.3 is 19.6 Å². The van der Waals surface area contributed by atoms with Gasteiger partial charge >= 0.3 is 0 Å². The molecule has 0 spiro atoms. The predicted molar refractivity (Wildman–Crippen MR) is 151 cm³/mol. The molecule has 190 valence electrons. The number of rotatable bonds is 7. The third-order valence-electron chi connectivity index (χ3n) is 8.36. The van der Waals surface area contributed by atoms with Gasteiger partial charge in [0.05, 0.1) is 18.7 Å². The summed E-state index contributed by atoms with van der Waals surface area (Å²) in [5.74, 6) is 0. The Morgan fingerprint density at radius 2 is 1.74 bits per heavy atom. The van der Waals surface area contributed by atoms with Crippen LogP contribution in [0.25, 0.3) is 10.9 Å². The van der Waals surface area contributed by atoms with Crippen molar-refractivity contribution in [2.45, 2.75) is 89.3 Å². The summed E-state index contributed by atoms with van der Waals surface area (Å²) in [6.07, 6.45) is 3.57. The van der Waals surface area contributed by atoms with E-state index in [0.717, 1.165) is 6.42 Å².